The zero-order valence-electron chi connectivity index (χ0n) is 52.2. The molecule has 454 valence electrons. The van der Waals surface area contributed by atoms with Gasteiger partial charge in [0, 0.05) is 88.4 Å². The van der Waals surface area contributed by atoms with Gasteiger partial charge in [-0.25, -0.2) is 0 Å². The quantitative estimate of drug-likeness (QED) is 0.144. The number of allylic oxidation sites excluding steroid dienone is 2. The van der Waals surface area contributed by atoms with Crippen LogP contribution < -0.4 is 9.80 Å². The number of rotatable bonds is 9. The third kappa shape index (κ3) is 8.52. The predicted octanol–water partition coefficient (Wildman–Crippen LogP) is 27.4. The van der Waals surface area contributed by atoms with Crippen molar-refractivity contribution >= 4 is 205 Å². The smallest absolute Gasteiger partial charge is 0.138 e. The largest absolute Gasteiger partial charge is 0.456 e. The molecule has 0 fully saturated rings. The summed E-state index contributed by atoms with van der Waals surface area (Å²) in [5.74, 6) is 0. The average Bonchev–Trinajstić information content (AvgIpc) is 1.58. The van der Waals surface area contributed by atoms with Gasteiger partial charge in [-0.1, -0.05) is 200 Å². The fourth-order valence-electron chi connectivity index (χ4n) is 15.9. The first-order valence-electron chi connectivity index (χ1n) is 33.1. The summed E-state index contributed by atoms with van der Waals surface area (Å²) in [6.45, 7) is 0. The molecule has 0 radical (unpaired) electrons. The molecular formula is C90H54N2O2S3. The van der Waals surface area contributed by atoms with E-state index in [0.29, 0.717) is 0 Å². The molecule has 7 heteroatoms. The van der Waals surface area contributed by atoms with Crippen LogP contribution in [0, 0.1) is 0 Å². The van der Waals surface area contributed by atoms with Crippen LogP contribution in [0.15, 0.2) is 318 Å². The second-order valence-corrected chi connectivity index (χ2v) is 28.9. The molecule has 0 amide bonds. The number of fused-ring (bicyclic) bond motifs is 22. The minimum Gasteiger partial charge on any atom is -0.456 e. The Balaban J connectivity index is 0.691. The summed E-state index contributed by atoms with van der Waals surface area (Å²) in [5, 5.41) is 19.7. The molecule has 1 aliphatic rings. The first-order chi connectivity index (χ1) is 48.1. The third-order valence-corrected chi connectivity index (χ3v) is 23.9. The van der Waals surface area contributed by atoms with Gasteiger partial charge >= 0.3 is 0 Å². The maximum Gasteiger partial charge on any atom is 0.138 e. The lowest BCUT2D eigenvalue weighted by molar-refractivity contribution is 0.669. The van der Waals surface area contributed by atoms with Crippen LogP contribution >= 0.6 is 34.0 Å². The highest BCUT2D eigenvalue weighted by atomic mass is 32.1. The van der Waals surface area contributed by atoms with E-state index in [9.17, 15) is 0 Å². The number of benzene rings is 15. The number of furan rings is 2. The molecule has 21 rings (SSSR count). The first-order valence-corrected chi connectivity index (χ1v) is 35.6. The van der Waals surface area contributed by atoms with Gasteiger partial charge in [0.2, 0.25) is 0 Å². The lowest BCUT2D eigenvalue weighted by atomic mass is 9.93. The number of para-hydroxylation sites is 1. The molecule has 1 aliphatic carbocycles. The Morgan fingerprint density at radius 2 is 0.866 bits per heavy atom. The van der Waals surface area contributed by atoms with Crippen LogP contribution in [0.2, 0.25) is 0 Å². The molecule has 5 heterocycles. The molecule has 15 aromatic carbocycles. The zero-order chi connectivity index (χ0) is 63.4. The van der Waals surface area contributed by atoms with Gasteiger partial charge in [0.25, 0.3) is 0 Å². The van der Waals surface area contributed by atoms with Crippen LogP contribution in [0.3, 0.4) is 0 Å². The summed E-state index contributed by atoms with van der Waals surface area (Å²) in [6, 6.07) is 107. The number of hydrogen-bond acceptors (Lipinski definition) is 7. The Bertz CT molecular complexity index is 6740. The molecule has 4 nitrogen and oxygen atoms in total. The second kappa shape index (κ2) is 21.5. The minimum absolute atomic E-state index is 0.0126. The molecule has 0 spiro atoms. The van der Waals surface area contributed by atoms with Gasteiger partial charge in [-0.2, -0.15) is 0 Å². The van der Waals surface area contributed by atoms with Crippen molar-refractivity contribution in [2.45, 2.75) is 12.5 Å². The second-order valence-electron chi connectivity index (χ2n) is 25.7. The number of hydrogen-bond donors (Lipinski definition) is 0. The maximum atomic E-state index is 7.18. The Hall–Kier alpha value is -11.6. The normalized spacial score (nSPS) is 13.6. The van der Waals surface area contributed by atoms with Crippen LogP contribution in [0.1, 0.15) is 12.0 Å². The molecule has 0 aliphatic heterocycles. The van der Waals surface area contributed by atoms with Crippen molar-refractivity contribution in [3.8, 4) is 22.3 Å². The Kier molecular flexibility index (Phi) is 12.1. The Morgan fingerprint density at radius 3 is 1.57 bits per heavy atom. The van der Waals surface area contributed by atoms with E-state index in [1.54, 1.807) is 0 Å². The lowest BCUT2D eigenvalue weighted by Crippen LogP contribution is -2.30. The molecule has 97 heavy (non-hydrogen) atoms. The highest BCUT2D eigenvalue weighted by Gasteiger charge is 2.29. The van der Waals surface area contributed by atoms with Crippen molar-refractivity contribution < 1.29 is 8.83 Å². The molecule has 5 aromatic heterocycles. The molecule has 0 N–H and O–H groups in total. The van der Waals surface area contributed by atoms with E-state index in [-0.39, 0.29) is 6.04 Å². The van der Waals surface area contributed by atoms with Gasteiger partial charge in [-0.3, -0.25) is 0 Å². The number of thiophene rings is 3. The van der Waals surface area contributed by atoms with Crippen molar-refractivity contribution in [2.24, 2.45) is 0 Å². The van der Waals surface area contributed by atoms with Gasteiger partial charge in [-0.15, -0.1) is 34.0 Å². The molecular weight excluding hydrogens is 1240 g/mol. The van der Waals surface area contributed by atoms with E-state index in [1.165, 1.54) is 115 Å². The van der Waals surface area contributed by atoms with Gasteiger partial charge in [0.1, 0.15) is 22.3 Å². The van der Waals surface area contributed by atoms with Gasteiger partial charge < -0.3 is 18.6 Å². The van der Waals surface area contributed by atoms with Crippen LogP contribution in [0.5, 0.6) is 0 Å². The van der Waals surface area contributed by atoms with E-state index >= 15 is 0 Å². The average molecular weight is 1290 g/mol. The van der Waals surface area contributed by atoms with E-state index in [0.717, 1.165) is 89.9 Å². The summed E-state index contributed by atoms with van der Waals surface area (Å²) in [4.78, 5) is 5.01. The summed E-state index contributed by atoms with van der Waals surface area (Å²) < 4.78 is 21.7. The predicted molar refractivity (Wildman–Crippen MR) is 418 cm³/mol. The van der Waals surface area contributed by atoms with Gasteiger partial charge in [-0.05, 0) is 181 Å². The molecule has 0 saturated heterocycles. The molecule has 0 saturated carbocycles. The maximum absolute atomic E-state index is 7.18. The SMILES string of the molecule is C1=CC(N(c2ccc(-c3cccc4ccccc34)cc2)c2cccc3oc4ccc5c(sc6ccc7ccccc7c65)c4c23)CC=C1c1ccc(-c2cc(N(c3ccccc3)c3ccc4sc5ccccc5c4c3)c3c(c2)oc2ccc4c(sc5ccc6ccccc6c54)c23)cc1. The van der Waals surface area contributed by atoms with Crippen molar-refractivity contribution in [3.05, 3.63) is 315 Å². The lowest BCUT2D eigenvalue weighted by Gasteiger charge is -2.34. The molecule has 1 atom stereocenters. The summed E-state index contributed by atoms with van der Waals surface area (Å²) in [6.07, 6.45) is 7.97. The summed E-state index contributed by atoms with van der Waals surface area (Å²) in [5.41, 5.74) is 15.9. The standard InChI is InChI=1S/C90H54N2O2S3/c1-2-18-61(19-3-1)92(64-42-49-80-72(52-64)69-23-10-11-27-79(69)95-80)74-50-60(51-78-86(74)88-77(94-78)46-44-71-84-68-22-9-6-16-58(68)37-48-82(84)97-90(71)88)55-30-28-53(29-31-55)54-32-38-62(39-33-54)91(63-40-34-59(35-41-63)66-24-12-17-56-14-4-7-20-65(56)66)73-25-13-26-75-85(73)87-76(93-75)45-43-70-83-67-21-8-5-15-57(67)36-47-81(83)96-89(70)87/h1-38,40-52,62H,39H2. The Labute approximate surface area is 568 Å². The third-order valence-electron chi connectivity index (χ3n) is 20.3. The minimum atomic E-state index is -0.0126. The van der Waals surface area contributed by atoms with Crippen LogP contribution in [0.25, 0.3) is 165 Å². The topological polar surface area (TPSA) is 32.8 Å². The zero-order valence-corrected chi connectivity index (χ0v) is 54.6. The fraction of sp³-hybridized carbons (Fsp3) is 0.0222. The molecule has 1 unspecified atom stereocenters. The molecule has 20 aromatic rings. The summed E-state index contributed by atoms with van der Waals surface area (Å²) >= 11 is 5.58. The van der Waals surface area contributed by atoms with Crippen LogP contribution in [0.4, 0.5) is 28.4 Å². The summed E-state index contributed by atoms with van der Waals surface area (Å²) in [7, 11) is 0. The van der Waals surface area contributed by atoms with E-state index in [2.05, 4.69) is 319 Å². The Morgan fingerprint density at radius 1 is 0.309 bits per heavy atom. The van der Waals surface area contributed by atoms with E-state index in [4.69, 9.17) is 8.83 Å². The monoisotopic (exact) mass is 1290 g/mol. The fourth-order valence-corrected chi connectivity index (χ4v) is 19.5. The van der Waals surface area contributed by atoms with Crippen molar-refractivity contribution in [2.75, 3.05) is 9.80 Å². The van der Waals surface area contributed by atoms with Gasteiger partial charge in [0.15, 0.2) is 0 Å². The van der Waals surface area contributed by atoms with Crippen molar-refractivity contribution in [1.29, 1.82) is 0 Å². The van der Waals surface area contributed by atoms with Crippen LogP contribution in [-0.4, -0.2) is 6.04 Å². The van der Waals surface area contributed by atoms with Crippen molar-refractivity contribution in [3.63, 3.8) is 0 Å². The van der Waals surface area contributed by atoms with E-state index < -0.39 is 0 Å². The molecule has 0 bridgehead atoms. The van der Waals surface area contributed by atoms with Crippen LogP contribution in [-0.2, 0) is 0 Å². The number of anilines is 5. The number of nitrogens with zero attached hydrogens (tertiary/aromatic N) is 2. The first kappa shape index (κ1) is 54.8. The van der Waals surface area contributed by atoms with E-state index in [1.807, 2.05) is 34.0 Å². The van der Waals surface area contributed by atoms with Crippen molar-refractivity contribution in [1.82, 2.24) is 0 Å². The van der Waals surface area contributed by atoms with Gasteiger partial charge in [0.05, 0.1) is 28.2 Å². The highest BCUT2D eigenvalue weighted by Crippen LogP contribution is 2.53. The highest BCUT2D eigenvalue weighted by molar-refractivity contribution is 7.27.